The Balaban J connectivity index is 1.89. The molecule has 1 heterocycles. The number of hydrogen-bond acceptors (Lipinski definition) is 3. The van der Waals surface area contributed by atoms with Crippen molar-refractivity contribution in [3.8, 4) is 5.75 Å². The molecule has 25 heavy (non-hydrogen) atoms. The number of rotatable bonds is 5. The van der Waals surface area contributed by atoms with Crippen LogP contribution in [0.4, 0.5) is 5.69 Å². The van der Waals surface area contributed by atoms with Crippen LogP contribution in [0.2, 0.25) is 0 Å². The molecular formula is C20H20N2O3. The number of carbonyl (C=O) groups is 2. The molecule has 5 heteroatoms. The van der Waals surface area contributed by atoms with Crippen LogP contribution in [0.3, 0.4) is 0 Å². The summed E-state index contributed by atoms with van der Waals surface area (Å²) in [6, 6.07) is 14.3. The highest BCUT2D eigenvalue weighted by Gasteiger charge is 2.20. The first-order chi connectivity index (χ1) is 12.0. The number of aromatic nitrogens is 1. The standard InChI is InChI=1S/C20H20N2O3/c1-13(20(24)21-15-8-10-16(25-3)11-9-15)22-12-18(14(2)23)17-6-4-5-7-19(17)22/h4-13H,1-3H3,(H,21,24)/t13-/m1/s1. The van der Waals surface area contributed by atoms with Crippen molar-refractivity contribution in [2.75, 3.05) is 12.4 Å². The van der Waals surface area contributed by atoms with Gasteiger partial charge in [0.1, 0.15) is 11.8 Å². The van der Waals surface area contributed by atoms with Gasteiger partial charge in [0.05, 0.1) is 7.11 Å². The van der Waals surface area contributed by atoms with Crippen LogP contribution in [0.25, 0.3) is 10.9 Å². The molecule has 0 aliphatic rings. The van der Waals surface area contributed by atoms with Crippen molar-refractivity contribution in [2.24, 2.45) is 0 Å². The molecule has 0 aliphatic carbocycles. The molecule has 3 rings (SSSR count). The Labute approximate surface area is 146 Å². The maximum atomic E-state index is 12.6. The van der Waals surface area contributed by atoms with Gasteiger partial charge in [0.25, 0.3) is 0 Å². The van der Waals surface area contributed by atoms with E-state index in [2.05, 4.69) is 5.32 Å². The summed E-state index contributed by atoms with van der Waals surface area (Å²) in [6.07, 6.45) is 1.76. The quantitative estimate of drug-likeness (QED) is 0.715. The number of anilines is 1. The minimum atomic E-state index is -0.458. The number of para-hydroxylation sites is 1. The number of ether oxygens (including phenoxy) is 1. The summed E-state index contributed by atoms with van der Waals surface area (Å²) in [5.41, 5.74) is 2.19. The molecule has 0 aliphatic heterocycles. The first-order valence-corrected chi connectivity index (χ1v) is 8.06. The highest BCUT2D eigenvalue weighted by atomic mass is 16.5. The summed E-state index contributed by atoms with van der Waals surface area (Å²) in [5, 5.41) is 3.75. The van der Waals surface area contributed by atoms with Crippen molar-refractivity contribution in [1.82, 2.24) is 4.57 Å². The fourth-order valence-corrected chi connectivity index (χ4v) is 2.85. The van der Waals surface area contributed by atoms with Gasteiger partial charge in [-0.05, 0) is 44.2 Å². The second-order valence-corrected chi connectivity index (χ2v) is 5.92. The number of amides is 1. The molecule has 5 nitrogen and oxygen atoms in total. The molecule has 1 aromatic heterocycles. The van der Waals surface area contributed by atoms with Crippen LogP contribution >= 0.6 is 0 Å². The van der Waals surface area contributed by atoms with E-state index in [9.17, 15) is 9.59 Å². The molecule has 0 unspecified atom stereocenters. The Morgan fingerprint density at radius 1 is 1.08 bits per heavy atom. The van der Waals surface area contributed by atoms with Gasteiger partial charge in [0, 0.05) is 28.4 Å². The van der Waals surface area contributed by atoms with Crippen LogP contribution < -0.4 is 10.1 Å². The van der Waals surface area contributed by atoms with Crippen LogP contribution in [0, 0.1) is 0 Å². The van der Waals surface area contributed by atoms with Crippen molar-refractivity contribution < 1.29 is 14.3 Å². The zero-order valence-corrected chi connectivity index (χ0v) is 14.4. The molecule has 0 bridgehead atoms. The van der Waals surface area contributed by atoms with E-state index in [0.29, 0.717) is 11.3 Å². The summed E-state index contributed by atoms with van der Waals surface area (Å²) >= 11 is 0. The fourth-order valence-electron chi connectivity index (χ4n) is 2.85. The molecule has 0 saturated heterocycles. The Bertz CT molecular complexity index is 926. The number of ketones is 1. The first kappa shape index (κ1) is 16.8. The van der Waals surface area contributed by atoms with Crippen LogP contribution in [0.1, 0.15) is 30.2 Å². The number of fused-ring (bicyclic) bond motifs is 1. The van der Waals surface area contributed by atoms with Crippen molar-refractivity contribution in [3.63, 3.8) is 0 Å². The third-order valence-electron chi connectivity index (χ3n) is 4.27. The van der Waals surface area contributed by atoms with Crippen LogP contribution in [0.5, 0.6) is 5.75 Å². The van der Waals surface area contributed by atoms with Gasteiger partial charge < -0.3 is 14.6 Å². The number of carbonyl (C=O) groups excluding carboxylic acids is 2. The summed E-state index contributed by atoms with van der Waals surface area (Å²) < 4.78 is 6.95. The highest BCUT2D eigenvalue weighted by Crippen LogP contribution is 2.26. The number of hydrogen-bond donors (Lipinski definition) is 1. The van der Waals surface area contributed by atoms with E-state index >= 15 is 0 Å². The summed E-state index contributed by atoms with van der Waals surface area (Å²) in [4.78, 5) is 24.5. The molecule has 0 saturated carbocycles. The van der Waals surface area contributed by atoms with E-state index in [4.69, 9.17) is 4.74 Å². The Kier molecular flexibility index (Phi) is 4.57. The number of Topliss-reactive ketones (excluding diaryl/α,β-unsaturated/α-hetero) is 1. The molecule has 128 valence electrons. The SMILES string of the molecule is COc1ccc(NC(=O)[C@@H](C)n2cc(C(C)=O)c3ccccc32)cc1. The van der Waals surface area contributed by atoms with Crippen LogP contribution in [-0.2, 0) is 4.79 Å². The van der Waals surface area contributed by atoms with Gasteiger partial charge in [0.15, 0.2) is 5.78 Å². The minimum absolute atomic E-state index is 0.0160. The molecule has 1 amide bonds. The first-order valence-electron chi connectivity index (χ1n) is 8.06. The molecule has 3 aromatic rings. The predicted molar refractivity (Wildman–Crippen MR) is 98.3 cm³/mol. The fraction of sp³-hybridized carbons (Fsp3) is 0.200. The molecule has 0 spiro atoms. The second-order valence-electron chi connectivity index (χ2n) is 5.92. The van der Waals surface area contributed by atoms with Crippen LogP contribution in [0.15, 0.2) is 54.7 Å². The number of nitrogens with one attached hydrogen (secondary N) is 1. The largest absolute Gasteiger partial charge is 0.497 e. The minimum Gasteiger partial charge on any atom is -0.497 e. The van der Waals surface area contributed by atoms with Gasteiger partial charge in [0.2, 0.25) is 5.91 Å². The van der Waals surface area contributed by atoms with Gasteiger partial charge in [-0.15, -0.1) is 0 Å². The number of methoxy groups -OCH3 is 1. The van der Waals surface area contributed by atoms with Crippen molar-refractivity contribution in [1.29, 1.82) is 0 Å². The maximum absolute atomic E-state index is 12.6. The van der Waals surface area contributed by atoms with Gasteiger partial charge in [-0.25, -0.2) is 0 Å². The molecule has 0 fully saturated rings. The smallest absolute Gasteiger partial charge is 0.247 e. The third kappa shape index (κ3) is 3.26. The zero-order valence-electron chi connectivity index (χ0n) is 14.4. The summed E-state index contributed by atoms with van der Waals surface area (Å²) in [5.74, 6) is 0.562. The third-order valence-corrected chi connectivity index (χ3v) is 4.27. The van der Waals surface area contributed by atoms with E-state index in [1.807, 2.05) is 35.8 Å². The van der Waals surface area contributed by atoms with Gasteiger partial charge >= 0.3 is 0 Å². The summed E-state index contributed by atoms with van der Waals surface area (Å²) in [7, 11) is 1.60. The van der Waals surface area contributed by atoms with Gasteiger partial charge in [-0.2, -0.15) is 0 Å². The maximum Gasteiger partial charge on any atom is 0.247 e. The Hall–Kier alpha value is -3.08. The van der Waals surface area contributed by atoms with Gasteiger partial charge in [-0.1, -0.05) is 18.2 Å². The van der Waals surface area contributed by atoms with E-state index in [-0.39, 0.29) is 11.7 Å². The second kappa shape index (κ2) is 6.81. The lowest BCUT2D eigenvalue weighted by Gasteiger charge is -2.15. The molecule has 2 aromatic carbocycles. The average Bonchev–Trinajstić information content (AvgIpc) is 3.01. The Morgan fingerprint density at radius 3 is 2.40 bits per heavy atom. The van der Waals surface area contributed by atoms with Crippen molar-refractivity contribution in [3.05, 3.63) is 60.3 Å². The van der Waals surface area contributed by atoms with Crippen LogP contribution in [-0.4, -0.2) is 23.4 Å². The number of benzene rings is 2. The topological polar surface area (TPSA) is 60.3 Å². The lowest BCUT2D eigenvalue weighted by atomic mass is 10.1. The highest BCUT2D eigenvalue weighted by molar-refractivity contribution is 6.07. The summed E-state index contributed by atoms with van der Waals surface area (Å²) in [6.45, 7) is 3.35. The zero-order chi connectivity index (χ0) is 18.0. The van der Waals surface area contributed by atoms with E-state index < -0.39 is 6.04 Å². The predicted octanol–water partition coefficient (Wildman–Crippen LogP) is 4.05. The van der Waals surface area contributed by atoms with E-state index in [0.717, 1.165) is 16.7 Å². The van der Waals surface area contributed by atoms with E-state index in [1.54, 1.807) is 37.6 Å². The molecular weight excluding hydrogens is 316 g/mol. The van der Waals surface area contributed by atoms with Crippen molar-refractivity contribution in [2.45, 2.75) is 19.9 Å². The van der Waals surface area contributed by atoms with Gasteiger partial charge in [-0.3, -0.25) is 9.59 Å². The number of nitrogens with zero attached hydrogens (tertiary/aromatic N) is 1. The average molecular weight is 336 g/mol. The molecule has 1 atom stereocenters. The normalized spacial score (nSPS) is 12.0. The monoisotopic (exact) mass is 336 g/mol. The molecule has 1 N–H and O–H groups in total. The Morgan fingerprint density at radius 2 is 1.76 bits per heavy atom. The van der Waals surface area contributed by atoms with E-state index in [1.165, 1.54) is 6.92 Å². The van der Waals surface area contributed by atoms with Crippen molar-refractivity contribution >= 4 is 28.3 Å². The lowest BCUT2D eigenvalue weighted by Crippen LogP contribution is -2.23. The lowest BCUT2D eigenvalue weighted by molar-refractivity contribution is -0.118. The molecule has 0 radical (unpaired) electrons.